The van der Waals surface area contributed by atoms with Gasteiger partial charge in [0.25, 0.3) is 5.91 Å². The Labute approximate surface area is 122 Å². The number of aliphatic imine (C=N–C) groups is 1. The normalized spacial score (nSPS) is 18.9. The first-order chi connectivity index (χ1) is 8.95. The van der Waals surface area contributed by atoms with Gasteiger partial charge in [-0.25, -0.2) is 9.79 Å². The Balaban J connectivity index is 2.29. The molecule has 0 aliphatic carbocycles. The number of carboxylic acids is 1. The second-order valence-electron chi connectivity index (χ2n) is 3.42. The van der Waals surface area contributed by atoms with Crippen LogP contribution >= 0.6 is 35.0 Å². The first-order valence-corrected chi connectivity index (χ1v) is 6.50. The van der Waals surface area contributed by atoms with E-state index in [9.17, 15) is 9.59 Å². The van der Waals surface area contributed by atoms with Crippen LogP contribution in [0.1, 0.15) is 0 Å². The van der Waals surface area contributed by atoms with Crippen molar-refractivity contribution < 1.29 is 14.7 Å². The van der Waals surface area contributed by atoms with Crippen molar-refractivity contribution in [1.29, 1.82) is 0 Å². The largest absolute Gasteiger partial charge is 0.478 e. The number of benzene rings is 1. The highest BCUT2D eigenvalue weighted by atomic mass is 35.5. The number of aliphatic carboxylic acids is 1. The average molecular weight is 317 g/mol. The Kier molecular flexibility index (Phi) is 4.14. The predicted octanol–water partition coefficient (Wildman–Crippen LogP) is 2.81. The van der Waals surface area contributed by atoms with Crippen molar-refractivity contribution in [2.75, 3.05) is 0 Å². The second kappa shape index (κ2) is 5.64. The second-order valence-corrected chi connectivity index (χ2v) is 5.29. The number of halogens is 2. The minimum absolute atomic E-state index is 0.0596. The third-order valence-electron chi connectivity index (χ3n) is 2.04. The summed E-state index contributed by atoms with van der Waals surface area (Å²) in [7, 11) is 0. The van der Waals surface area contributed by atoms with Crippen LogP contribution in [0.25, 0.3) is 0 Å². The standard InChI is InChI=1S/C11H6Cl2N2O3S/c12-5-1-2-6(13)7(3-5)14-11-15-10(18)8(19-11)4-9(16)17/h1-4H,(H,16,17)(H,14,15,18)/b8-4-. The molecule has 1 heterocycles. The maximum absolute atomic E-state index is 11.5. The Hall–Kier alpha value is -1.50. The maximum atomic E-state index is 11.5. The van der Waals surface area contributed by atoms with E-state index >= 15 is 0 Å². The summed E-state index contributed by atoms with van der Waals surface area (Å²) in [6.45, 7) is 0. The van der Waals surface area contributed by atoms with Gasteiger partial charge >= 0.3 is 5.97 Å². The van der Waals surface area contributed by atoms with E-state index < -0.39 is 11.9 Å². The molecule has 1 aromatic rings. The molecule has 1 aliphatic rings. The fraction of sp³-hybridized carbons (Fsp3) is 0. The van der Waals surface area contributed by atoms with Crippen molar-refractivity contribution in [1.82, 2.24) is 5.32 Å². The number of hydrogen-bond acceptors (Lipinski definition) is 4. The van der Waals surface area contributed by atoms with E-state index in [2.05, 4.69) is 10.3 Å². The summed E-state index contributed by atoms with van der Waals surface area (Å²) in [5.41, 5.74) is 0.397. The molecular weight excluding hydrogens is 311 g/mol. The lowest BCUT2D eigenvalue weighted by atomic mass is 10.3. The van der Waals surface area contributed by atoms with E-state index in [1.54, 1.807) is 18.2 Å². The molecule has 1 amide bonds. The van der Waals surface area contributed by atoms with Crippen LogP contribution in [0.2, 0.25) is 10.0 Å². The van der Waals surface area contributed by atoms with Gasteiger partial charge in [0.15, 0.2) is 5.17 Å². The summed E-state index contributed by atoms with van der Waals surface area (Å²) in [5.74, 6) is -1.70. The summed E-state index contributed by atoms with van der Waals surface area (Å²) >= 11 is 12.7. The fourth-order valence-corrected chi connectivity index (χ4v) is 2.40. The summed E-state index contributed by atoms with van der Waals surface area (Å²) < 4.78 is 0. The molecule has 1 aliphatic heterocycles. The first-order valence-electron chi connectivity index (χ1n) is 4.93. The van der Waals surface area contributed by atoms with Gasteiger partial charge in [-0.3, -0.25) is 4.79 Å². The molecule has 5 nitrogen and oxygen atoms in total. The lowest BCUT2D eigenvalue weighted by molar-refractivity contribution is -0.131. The zero-order chi connectivity index (χ0) is 14.0. The highest BCUT2D eigenvalue weighted by Gasteiger charge is 2.24. The molecule has 0 atom stereocenters. The zero-order valence-corrected chi connectivity index (χ0v) is 11.5. The highest BCUT2D eigenvalue weighted by molar-refractivity contribution is 8.18. The maximum Gasteiger partial charge on any atom is 0.329 e. The van der Waals surface area contributed by atoms with Crippen LogP contribution in [-0.2, 0) is 9.59 Å². The Bertz CT molecular complexity index is 628. The Morgan fingerprint density at radius 1 is 1.42 bits per heavy atom. The van der Waals surface area contributed by atoms with Crippen molar-refractivity contribution in [2.24, 2.45) is 4.99 Å². The summed E-state index contributed by atoms with van der Waals surface area (Å²) in [6.07, 6.45) is 0.822. The molecule has 8 heteroatoms. The first kappa shape index (κ1) is 13.9. The van der Waals surface area contributed by atoms with Crippen LogP contribution in [0.4, 0.5) is 5.69 Å². The van der Waals surface area contributed by atoms with Gasteiger partial charge in [-0.05, 0) is 30.0 Å². The van der Waals surface area contributed by atoms with E-state index in [0.717, 1.165) is 17.8 Å². The molecule has 0 bridgehead atoms. The average Bonchev–Trinajstić information content (AvgIpc) is 2.64. The number of carboxylic acid groups (broad SMARTS) is 1. The van der Waals surface area contributed by atoms with Gasteiger partial charge in [0, 0.05) is 11.1 Å². The van der Waals surface area contributed by atoms with Gasteiger partial charge in [-0.15, -0.1) is 0 Å². The third-order valence-corrected chi connectivity index (χ3v) is 3.50. The predicted molar refractivity (Wildman–Crippen MR) is 75.0 cm³/mol. The van der Waals surface area contributed by atoms with Gasteiger partial charge in [0.1, 0.15) is 0 Å². The van der Waals surface area contributed by atoms with Crippen molar-refractivity contribution in [3.05, 3.63) is 39.2 Å². The minimum atomic E-state index is -1.19. The number of nitrogens with one attached hydrogen (secondary N) is 1. The number of hydrogen-bond donors (Lipinski definition) is 2. The summed E-state index contributed by atoms with van der Waals surface area (Å²) in [6, 6.07) is 4.74. The Morgan fingerprint density at radius 2 is 2.16 bits per heavy atom. The molecule has 1 fully saturated rings. The van der Waals surface area contributed by atoms with Crippen molar-refractivity contribution in [3.63, 3.8) is 0 Å². The number of carbonyl (C=O) groups excluding carboxylic acids is 1. The highest BCUT2D eigenvalue weighted by Crippen LogP contribution is 2.31. The number of nitrogens with zero attached hydrogens (tertiary/aromatic N) is 1. The summed E-state index contributed by atoms with van der Waals surface area (Å²) in [4.78, 5) is 26.2. The molecule has 19 heavy (non-hydrogen) atoms. The number of carbonyl (C=O) groups is 2. The lowest BCUT2D eigenvalue weighted by Gasteiger charge is -2.00. The van der Waals surface area contributed by atoms with E-state index in [1.807, 2.05) is 0 Å². The SMILES string of the molecule is O=C(O)/C=C1\SC(=Nc2cc(Cl)ccc2Cl)NC1=O. The van der Waals surface area contributed by atoms with Crippen molar-refractivity contribution in [3.8, 4) is 0 Å². The van der Waals surface area contributed by atoms with Gasteiger partial charge in [-0.2, -0.15) is 0 Å². The topological polar surface area (TPSA) is 78.8 Å². The molecule has 2 rings (SSSR count). The molecule has 98 valence electrons. The molecular formula is C11H6Cl2N2O3S. The monoisotopic (exact) mass is 316 g/mol. The molecule has 0 saturated carbocycles. The molecule has 0 spiro atoms. The van der Waals surface area contributed by atoms with Crippen LogP contribution in [-0.4, -0.2) is 22.2 Å². The van der Waals surface area contributed by atoms with E-state index in [0.29, 0.717) is 15.7 Å². The van der Waals surface area contributed by atoms with Crippen LogP contribution in [0.15, 0.2) is 34.2 Å². The summed E-state index contributed by atoms with van der Waals surface area (Å²) in [5, 5.41) is 12.1. The lowest BCUT2D eigenvalue weighted by Crippen LogP contribution is -2.19. The Morgan fingerprint density at radius 3 is 2.84 bits per heavy atom. The number of amidine groups is 1. The fourth-order valence-electron chi connectivity index (χ4n) is 1.27. The smallest absolute Gasteiger partial charge is 0.329 e. The van der Waals surface area contributed by atoms with Crippen LogP contribution < -0.4 is 5.32 Å². The van der Waals surface area contributed by atoms with Crippen LogP contribution in [0, 0.1) is 0 Å². The molecule has 0 unspecified atom stereocenters. The number of amides is 1. The minimum Gasteiger partial charge on any atom is -0.478 e. The van der Waals surface area contributed by atoms with Gasteiger partial charge < -0.3 is 10.4 Å². The third kappa shape index (κ3) is 3.50. The quantitative estimate of drug-likeness (QED) is 0.822. The molecule has 2 N–H and O–H groups in total. The van der Waals surface area contributed by atoms with E-state index in [4.69, 9.17) is 28.3 Å². The number of thioether (sulfide) groups is 1. The van der Waals surface area contributed by atoms with Crippen LogP contribution in [0.5, 0.6) is 0 Å². The van der Waals surface area contributed by atoms with Crippen molar-refractivity contribution >= 4 is 57.7 Å². The zero-order valence-electron chi connectivity index (χ0n) is 9.18. The molecule has 0 radical (unpaired) electrons. The molecule has 1 saturated heterocycles. The van der Waals surface area contributed by atoms with Gasteiger partial charge in [-0.1, -0.05) is 23.2 Å². The molecule has 1 aromatic carbocycles. The van der Waals surface area contributed by atoms with Crippen LogP contribution in [0.3, 0.4) is 0 Å². The van der Waals surface area contributed by atoms with E-state index in [-0.39, 0.29) is 10.1 Å². The van der Waals surface area contributed by atoms with Gasteiger partial charge in [0.2, 0.25) is 0 Å². The molecule has 0 aromatic heterocycles. The van der Waals surface area contributed by atoms with Gasteiger partial charge in [0.05, 0.1) is 15.6 Å². The van der Waals surface area contributed by atoms with E-state index in [1.165, 1.54) is 0 Å². The number of rotatable bonds is 2. The van der Waals surface area contributed by atoms with Crippen molar-refractivity contribution in [2.45, 2.75) is 0 Å².